The lowest BCUT2D eigenvalue weighted by atomic mass is 9.89. The van der Waals surface area contributed by atoms with E-state index in [4.69, 9.17) is 0 Å². The number of benzene rings is 1. The van der Waals surface area contributed by atoms with E-state index < -0.39 is 22.9 Å². The average molecular weight is 334 g/mol. The summed E-state index contributed by atoms with van der Waals surface area (Å²) in [6.45, 7) is 5.89. The first kappa shape index (κ1) is 17.9. The Labute approximate surface area is 140 Å². The number of rotatable bonds is 4. The number of carbonyl (C=O) groups is 2. The summed E-state index contributed by atoms with van der Waals surface area (Å²) in [5.41, 5.74) is 0.728. The molecule has 0 aromatic heterocycles. The Morgan fingerprint density at radius 3 is 2.58 bits per heavy atom. The number of nitrogens with zero attached hydrogens (tertiary/aromatic N) is 2. The number of nitro benzene ring substituents is 1. The number of piperidine rings is 1. The zero-order valence-electron chi connectivity index (χ0n) is 14.1. The van der Waals surface area contributed by atoms with Crippen LogP contribution in [0.2, 0.25) is 0 Å². The van der Waals surface area contributed by atoms with Crippen LogP contribution >= 0.6 is 0 Å². The Morgan fingerprint density at radius 2 is 2.04 bits per heavy atom. The zero-order chi connectivity index (χ0) is 18.0. The van der Waals surface area contributed by atoms with E-state index in [1.54, 1.807) is 19.1 Å². The van der Waals surface area contributed by atoms with Crippen LogP contribution in [0.3, 0.4) is 0 Å². The van der Waals surface area contributed by atoms with Crippen molar-refractivity contribution in [2.75, 3.05) is 6.54 Å². The maximum atomic E-state index is 12.7. The monoisotopic (exact) mass is 334 g/mol. The molecule has 0 saturated carbocycles. The molecule has 1 aromatic carbocycles. The first-order chi connectivity index (χ1) is 11.2. The number of carboxylic acids is 1. The number of hydrogen-bond acceptors (Lipinski definition) is 4. The van der Waals surface area contributed by atoms with Gasteiger partial charge in [0.2, 0.25) is 0 Å². The second kappa shape index (κ2) is 6.98. The van der Waals surface area contributed by atoms with Crippen LogP contribution in [-0.2, 0) is 4.79 Å². The van der Waals surface area contributed by atoms with Gasteiger partial charge in [-0.15, -0.1) is 0 Å². The van der Waals surface area contributed by atoms with Gasteiger partial charge < -0.3 is 10.0 Å². The second-order valence-electron chi connectivity index (χ2n) is 6.51. The minimum atomic E-state index is -0.916. The van der Waals surface area contributed by atoms with Crippen LogP contribution in [0.1, 0.15) is 55.5 Å². The third-order valence-electron chi connectivity index (χ3n) is 4.66. The van der Waals surface area contributed by atoms with Gasteiger partial charge >= 0.3 is 5.97 Å². The summed E-state index contributed by atoms with van der Waals surface area (Å²) < 4.78 is 0. The summed E-state index contributed by atoms with van der Waals surface area (Å²) >= 11 is 0. The van der Waals surface area contributed by atoms with Crippen molar-refractivity contribution in [3.8, 4) is 0 Å². The molecule has 1 saturated heterocycles. The minimum Gasteiger partial charge on any atom is -0.481 e. The SMILES string of the molecule is CC(C)c1ccc(C(=O)N2CCC[C@H](C(=O)O)[C@@H]2C)cc1[N+](=O)[O-]. The molecule has 0 radical (unpaired) electrons. The van der Waals surface area contributed by atoms with Gasteiger partial charge in [-0.05, 0) is 31.7 Å². The van der Waals surface area contributed by atoms with Gasteiger partial charge in [0.1, 0.15) is 0 Å². The van der Waals surface area contributed by atoms with Crippen molar-refractivity contribution in [2.24, 2.45) is 5.92 Å². The molecule has 1 aliphatic rings. The lowest BCUT2D eigenvalue weighted by molar-refractivity contribution is -0.385. The van der Waals surface area contributed by atoms with Gasteiger partial charge in [0.15, 0.2) is 0 Å². The summed E-state index contributed by atoms with van der Waals surface area (Å²) in [6.07, 6.45) is 1.14. The quantitative estimate of drug-likeness (QED) is 0.673. The fraction of sp³-hybridized carbons (Fsp3) is 0.529. The highest BCUT2D eigenvalue weighted by Crippen LogP contribution is 2.30. The van der Waals surface area contributed by atoms with Crippen LogP contribution in [-0.4, -0.2) is 39.4 Å². The van der Waals surface area contributed by atoms with Gasteiger partial charge in [-0.25, -0.2) is 0 Å². The van der Waals surface area contributed by atoms with Gasteiger partial charge in [-0.1, -0.05) is 19.9 Å². The number of likely N-dealkylation sites (tertiary alicyclic amines) is 1. The van der Waals surface area contributed by atoms with Crippen LogP contribution in [0.4, 0.5) is 5.69 Å². The standard InChI is InChI=1S/C17H22N2O5/c1-10(2)13-7-6-12(9-15(13)19(23)24)16(20)18-8-4-5-14(11(18)3)17(21)22/h6-7,9-11,14H,4-5,8H2,1-3H3,(H,21,22)/t11-,14-/m0/s1. The Morgan fingerprint density at radius 1 is 1.38 bits per heavy atom. The van der Waals surface area contributed by atoms with Crippen molar-refractivity contribution in [2.45, 2.75) is 45.6 Å². The van der Waals surface area contributed by atoms with E-state index in [2.05, 4.69) is 0 Å². The molecule has 1 aliphatic heterocycles. The Kier molecular flexibility index (Phi) is 5.21. The molecule has 0 unspecified atom stereocenters. The number of carbonyl (C=O) groups excluding carboxylic acids is 1. The summed E-state index contributed by atoms with van der Waals surface area (Å²) in [5, 5.41) is 20.6. The molecule has 1 fully saturated rings. The van der Waals surface area contributed by atoms with E-state index >= 15 is 0 Å². The number of aliphatic carboxylic acids is 1. The van der Waals surface area contributed by atoms with Gasteiger partial charge in [-0.3, -0.25) is 19.7 Å². The average Bonchev–Trinajstić information content (AvgIpc) is 2.53. The lowest BCUT2D eigenvalue weighted by Crippen LogP contribution is -2.49. The predicted octanol–water partition coefficient (Wildman–Crippen LogP) is 3.04. The van der Waals surface area contributed by atoms with Crippen molar-refractivity contribution >= 4 is 17.6 Å². The highest BCUT2D eigenvalue weighted by molar-refractivity contribution is 5.95. The maximum Gasteiger partial charge on any atom is 0.308 e. The molecule has 24 heavy (non-hydrogen) atoms. The molecular formula is C17H22N2O5. The first-order valence-electron chi connectivity index (χ1n) is 8.06. The second-order valence-corrected chi connectivity index (χ2v) is 6.51. The minimum absolute atomic E-state index is 0.0279. The van der Waals surface area contributed by atoms with Crippen LogP contribution in [0.25, 0.3) is 0 Å². The number of hydrogen-bond donors (Lipinski definition) is 1. The fourth-order valence-electron chi connectivity index (χ4n) is 3.25. The smallest absolute Gasteiger partial charge is 0.308 e. The highest BCUT2D eigenvalue weighted by Gasteiger charge is 2.36. The molecule has 2 rings (SSSR count). The van der Waals surface area contributed by atoms with E-state index in [1.165, 1.54) is 11.0 Å². The number of nitro groups is 1. The van der Waals surface area contributed by atoms with E-state index in [0.29, 0.717) is 24.9 Å². The van der Waals surface area contributed by atoms with Crippen LogP contribution in [0.5, 0.6) is 0 Å². The van der Waals surface area contributed by atoms with E-state index in [-0.39, 0.29) is 23.1 Å². The molecule has 1 N–H and O–H groups in total. The molecule has 0 spiro atoms. The van der Waals surface area contributed by atoms with Gasteiger partial charge in [0.25, 0.3) is 11.6 Å². The highest BCUT2D eigenvalue weighted by atomic mass is 16.6. The molecule has 2 atom stereocenters. The van der Waals surface area contributed by atoms with E-state index in [1.807, 2.05) is 13.8 Å². The number of amides is 1. The van der Waals surface area contributed by atoms with Gasteiger partial charge in [0.05, 0.1) is 10.8 Å². The van der Waals surface area contributed by atoms with Gasteiger partial charge in [0, 0.05) is 29.8 Å². The third kappa shape index (κ3) is 3.39. The summed E-state index contributed by atoms with van der Waals surface area (Å²) in [5.74, 6) is -1.90. The fourth-order valence-corrected chi connectivity index (χ4v) is 3.25. The summed E-state index contributed by atoms with van der Waals surface area (Å²) in [7, 11) is 0. The Bertz CT molecular complexity index is 671. The maximum absolute atomic E-state index is 12.7. The molecule has 0 bridgehead atoms. The molecule has 1 amide bonds. The van der Waals surface area contributed by atoms with Crippen molar-refractivity contribution in [1.29, 1.82) is 0 Å². The Hall–Kier alpha value is -2.44. The molecule has 1 heterocycles. The largest absolute Gasteiger partial charge is 0.481 e. The third-order valence-corrected chi connectivity index (χ3v) is 4.66. The van der Waals surface area contributed by atoms with Crippen molar-refractivity contribution in [1.82, 2.24) is 4.90 Å². The predicted molar refractivity (Wildman–Crippen MR) is 88.0 cm³/mol. The molecule has 130 valence electrons. The van der Waals surface area contributed by atoms with Crippen LogP contribution in [0, 0.1) is 16.0 Å². The topological polar surface area (TPSA) is 101 Å². The summed E-state index contributed by atoms with van der Waals surface area (Å²) in [4.78, 5) is 36.4. The van der Waals surface area contributed by atoms with E-state index in [9.17, 15) is 24.8 Å². The van der Waals surface area contributed by atoms with Crippen molar-refractivity contribution in [3.63, 3.8) is 0 Å². The lowest BCUT2D eigenvalue weighted by Gasteiger charge is -2.37. The Balaban J connectivity index is 2.34. The normalized spacial score (nSPS) is 20.9. The van der Waals surface area contributed by atoms with Crippen LogP contribution in [0.15, 0.2) is 18.2 Å². The molecule has 7 heteroatoms. The van der Waals surface area contributed by atoms with Crippen LogP contribution < -0.4 is 0 Å². The number of carboxylic acid groups (broad SMARTS) is 1. The molecule has 0 aliphatic carbocycles. The molecule has 1 aromatic rings. The summed E-state index contributed by atoms with van der Waals surface area (Å²) in [6, 6.07) is 4.06. The van der Waals surface area contributed by atoms with E-state index in [0.717, 1.165) is 0 Å². The molecular weight excluding hydrogens is 312 g/mol. The van der Waals surface area contributed by atoms with Crippen molar-refractivity contribution in [3.05, 3.63) is 39.4 Å². The first-order valence-corrected chi connectivity index (χ1v) is 8.06. The zero-order valence-corrected chi connectivity index (χ0v) is 14.1. The van der Waals surface area contributed by atoms with Crippen molar-refractivity contribution < 1.29 is 19.6 Å². The molecule has 7 nitrogen and oxygen atoms in total. The van der Waals surface area contributed by atoms with Gasteiger partial charge in [-0.2, -0.15) is 0 Å².